The van der Waals surface area contributed by atoms with Crippen LogP contribution in [0.1, 0.15) is 37.8 Å². The molecule has 0 spiro atoms. The number of carbonyl (C=O) groups excluding carboxylic acids is 3. The second kappa shape index (κ2) is 16.9. The van der Waals surface area contributed by atoms with E-state index in [2.05, 4.69) is 10.6 Å². The fourth-order valence-electron chi connectivity index (χ4n) is 4.47. The quantitative estimate of drug-likeness (QED) is 0.173. The number of benzene rings is 2. The van der Waals surface area contributed by atoms with E-state index < -0.39 is 33.9 Å². The Bertz CT molecular complexity index is 1280. The number of sulfonamides is 1. The van der Waals surface area contributed by atoms with Crippen molar-refractivity contribution < 1.29 is 22.8 Å². The molecule has 2 aromatic rings. The number of hydrogen-bond acceptors (Lipinski definition) is 8. The molecule has 2 rings (SSSR count). The van der Waals surface area contributed by atoms with Crippen molar-refractivity contribution in [1.82, 2.24) is 14.5 Å². The normalized spacial score (nSPS) is 12.9. The van der Waals surface area contributed by atoms with E-state index in [0.29, 0.717) is 25.1 Å². The Morgan fingerprint density at radius 1 is 0.929 bits per heavy atom. The maximum atomic E-state index is 13.5. The summed E-state index contributed by atoms with van der Waals surface area (Å²) in [6, 6.07) is 11.9. The molecule has 8 N–H and O–H groups in total. The third kappa shape index (κ3) is 9.88. The number of hydrogen-bond donors (Lipinski definition) is 5. The van der Waals surface area contributed by atoms with E-state index in [1.165, 1.54) is 15.3 Å². The second-order valence-electron chi connectivity index (χ2n) is 9.91. The molecule has 2 aromatic carbocycles. The number of rotatable bonds is 17. The lowest BCUT2D eigenvalue weighted by molar-refractivity contribution is -0.134. The Balaban J connectivity index is 2.25. The molecular weight excluding hydrogens is 558 g/mol. The van der Waals surface area contributed by atoms with Crippen molar-refractivity contribution in [3.05, 3.63) is 59.7 Å². The van der Waals surface area contributed by atoms with Crippen LogP contribution in [0.25, 0.3) is 0 Å². The first-order chi connectivity index (χ1) is 20.0. The van der Waals surface area contributed by atoms with Crippen LogP contribution < -0.4 is 27.8 Å². The minimum Gasteiger partial charge on any atom is -0.343 e. The van der Waals surface area contributed by atoms with Crippen molar-refractivity contribution in [1.29, 1.82) is 0 Å². The molecule has 0 heterocycles. The predicted octanol–water partition coefficient (Wildman–Crippen LogP) is 0.545. The fraction of sp³-hybridized carbons (Fsp3) is 0.483. The lowest BCUT2D eigenvalue weighted by atomic mass is 10.0. The van der Waals surface area contributed by atoms with Gasteiger partial charge >= 0.3 is 0 Å². The molecule has 2 atom stereocenters. The number of amides is 3. The molecule has 12 nitrogen and oxygen atoms in total. The van der Waals surface area contributed by atoms with E-state index in [-0.39, 0.29) is 55.5 Å². The van der Waals surface area contributed by atoms with Gasteiger partial charge in [-0.3, -0.25) is 14.4 Å². The molecule has 0 aliphatic heterocycles. The summed E-state index contributed by atoms with van der Waals surface area (Å²) in [5.74, 6) is -1.56. The topological polar surface area (TPSA) is 194 Å². The maximum Gasteiger partial charge on any atom is 0.246 e. The molecule has 13 heteroatoms. The van der Waals surface area contributed by atoms with Gasteiger partial charge in [0, 0.05) is 45.0 Å². The van der Waals surface area contributed by atoms with Crippen LogP contribution in [-0.4, -0.2) is 86.7 Å². The first kappa shape index (κ1) is 34.8. The van der Waals surface area contributed by atoms with Crippen LogP contribution in [0.15, 0.2) is 53.4 Å². The zero-order valence-electron chi connectivity index (χ0n) is 24.7. The van der Waals surface area contributed by atoms with Crippen molar-refractivity contribution in [3.63, 3.8) is 0 Å². The average molecular weight is 604 g/mol. The lowest BCUT2D eigenvalue weighted by Crippen LogP contribution is -2.52. The summed E-state index contributed by atoms with van der Waals surface area (Å²) in [7, 11) is -3.77. The van der Waals surface area contributed by atoms with Crippen molar-refractivity contribution in [2.24, 2.45) is 17.2 Å². The van der Waals surface area contributed by atoms with Gasteiger partial charge in [-0.15, -0.1) is 0 Å². The summed E-state index contributed by atoms with van der Waals surface area (Å²) in [5, 5.41) is 5.43. The highest BCUT2D eigenvalue weighted by Gasteiger charge is 2.28. The van der Waals surface area contributed by atoms with Crippen molar-refractivity contribution >= 4 is 33.4 Å². The maximum absolute atomic E-state index is 13.5. The lowest BCUT2D eigenvalue weighted by Gasteiger charge is -2.24. The van der Waals surface area contributed by atoms with E-state index in [1.807, 2.05) is 30.3 Å². The highest BCUT2D eigenvalue weighted by Crippen LogP contribution is 2.24. The summed E-state index contributed by atoms with van der Waals surface area (Å²) in [4.78, 5) is 40.7. The second-order valence-corrected chi connectivity index (χ2v) is 11.8. The molecule has 0 radical (unpaired) electrons. The van der Waals surface area contributed by atoms with Crippen LogP contribution in [0, 0.1) is 6.92 Å². The Morgan fingerprint density at radius 3 is 2.12 bits per heavy atom. The van der Waals surface area contributed by atoms with Crippen LogP contribution in [0.3, 0.4) is 0 Å². The fourth-order valence-corrected chi connectivity index (χ4v) is 6.18. The van der Waals surface area contributed by atoms with E-state index in [4.69, 9.17) is 17.2 Å². The van der Waals surface area contributed by atoms with E-state index in [0.717, 1.165) is 5.56 Å². The number of aryl methyl sites for hydroxylation is 2. The van der Waals surface area contributed by atoms with Gasteiger partial charge in [0.1, 0.15) is 6.04 Å². The van der Waals surface area contributed by atoms with Gasteiger partial charge in [-0.2, -0.15) is 4.31 Å². The van der Waals surface area contributed by atoms with E-state index >= 15 is 0 Å². The monoisotopic (exact) mass is 603 g/mol. The van der Waals surface area contributed by atoms with Crippen LogP contribution in [0.4, 0.5) is 5.69 Å². The third-order valence-electron chi connectivity index (χ3n) is 6.86. The molecule has 0 saturated carbocycles. The molecular formula is C29H45N7O5S. The molecule has 2 unspecified atom stereocenters. The largest absolute Gasteiger partial charge is 0.343 e. The molecule has 0 saturated heterocycles. The van der Waals surface area contributed by atoms with E-state index in [1.54, 1.807) is 32.9 Å². The minimum absolute atomic E-state index is 0.0916. The van der Waals surface area contributed by atoms with Gasteiger partial charge in [0.15, 0.2) is 0 Å². The molecule has 3 amide bonds. The summed E-state index contributed by atoms with van der Waals surface area (Å²) in [6.07, 6.45) is 0.443. The molecule has 232 valence electrons. The van der Waals surface area contributed by atoms with Crippen molar-refractivity contribution in [3.8, 4) is 0 Å². The Kier molecular flexibility index (Phi) is 14.0. The molecule has 42 heavy (non-hydrogen) atoms. The summed E-state index contributed by atoms with van der Waals surface area (Å²) in [5.41, 5.74) is 19.0. The number of anilines is 1. The number of nitrogens with one attached hydrogen (secondary N) is 2. The van der Waals surface area contributed by atoms with Crippen LogP contribution >= 0.6 is 0 Å². The number of nitrogens with two attached hydrogens (primary N) is 3. The average Bonchev–Trinajstić information content (AvgIpc) is 2.96. The number of nitrogens with zero attached hydrogens (tertiary/aromatic N) is 2. The highest BCUT2D eigenvalue weighted by atomic mass is 32.2. The van der Waals surface area contributed by atoms with Gasteiger partial charge in [-0.25, -0.2) is 8.42 Å². The predicted molar refractivity (Wildman–Crippen MR) is 164 cm³/mol. The van der Waals surface area contributed by atoms with Gasteiger partial charge in [-0.05, 0) is 43.0 Å². The van der Waals surface area contributed by atoms with Gasteiger partial charge in [0.25, 0.3) is 0 Å². The van der Waals surface area contributed by atoms with Gasteiger partial charge < -0.3 is 32.7 Å². The smallest absolute Gasteiger partial charge is 0.246 e. The van der Waals surface area contributed by atoms with Gasteiger partial charge in [0.05, 0.1) is 17.4 Å². The third-order valence-corrected chi connectivity index (χ3v) is 9.05. The van der Waals surface area contributed by atoms with Crippen LogP contribution in [0.2, 0.25) is 0 Å². The van der Waals surface area contributed by atoms with Gasteiger partial charge in [0.2, 0.25) is 27.7 Å². The molecule has 0 fully saturated rings. The number of carbonyl (C=O) groups is 3. The Labute approximate surface area is 249 Å². The standard InChI is InChI=1S/C29H45N7O5S/c1-4-36(5-2)42(40,41)26-19-23(13-11-21(26)3)33-29(39)25(14-12-22-9-7-6-8-10-22)34-28(38)24(32)20-27(37)35(17-15-30)18-16-31/h6-11,13,19,24-25H,4-5,12,14-18,20,30-32H2,1-3H3,(H,33,39)(H,34,38). The Hall–Kier alpha value is -3.36. The molecule has 0 aromatic heterocycles. The van der Waals surface area contributed by atoms with Crippen molar-refractivity contribution in [2.75, 3.05) is 44.6 Å². The van der Waals surface area contributed by atoms with E-state index in [9.17, 15) is 22.8 Å². The zero-order chi connectivity index (χ0) is 31.3. The Morgan fingerprint density at radius 2 is 1.55 bits per heavy atom. The summed E-state index contributed by atoms with van der Waals surface area (Å²) >= 11 is 0. The van der Waals surface area contributed by atoms with Crippen LogP contribution in [-0.2, 0) is 30.8 Å². The molecule has 0 bridgehead atoms. The first-order valence-electron chi connectivity index (χ1n) is 14.2. The molecule has 0 aliphatic carbocycles. The highest BCUT2D eigenvalue weighted by molar-refractivity contribution is 7.89. The van der Waals surface area contributed by atoms with Gasteiger partial charge in [-0.1, -0.05) is 50.2 Å². The molecule has 0 aliphatic rings. The summed E-state index contributed by atoms with van der Waals surface area (Å²) < 4.78 is 27.7. The van der Waals surface area contributed by atoms with Crippen LogP contribution in [0.5, 0.6) is 0 Å². The van der Waals surface area contributed by atoms with Crippen molar-refractivity contribution in [2.45, 2.75) is 57.0 Å². The SMILES string of the molecule is CCN(CC)S(=O)(=O)c1cc(NC(=O)C(CCc2ccccc2)NC(=O)C(N)CC(=O)N(CCN)CCN)ccc1C. The minimum atomic E-state index is -3.77. The summed E-state index contributed by atoms with van der Waals surface area (Å²) in [6.45, 7) is 6.88. The zero-order valence-corrected chi connectivity index (χ0v) is 25.5. The first-order valence-corrected chi connectivity index (χ1v) is 15.6.